The van der Waals surface area contributed by atoms with Crippen molar-refractivity contribution in [3.8, 4) is 0 Å². The third-order valence-corrected chi connectivity index (χ3v) is 2.67. The molecule has 0 unspecified atom stereocenters. The summed E-state index contributed by atoms with van der Waals surface area (Å²) in [6.07, 6.45) is -12.1. The van der Waals surface area contributed by atoms with Gasteiger partial charge in [-0.3, -0.25) is 0 Å². The highest BCUT2D eigenvalue weighted by Gasteiger charge is 2.45. The summed E-state index contributed by atoms with van der Waals surface area (Å²) in [5.41, 5.74) is -1.85. The van der Waals surface area contributed by atoms with Crippen molar-refractivity contribution in [2.45, 2.75) is 70.9 Å². The molecule has 0 aliphatic heterocycles. The van der Waals surface area contributed by atoms with Crippen LogP contribution in [-0.2, 0) is 0 Å². The molecule has 1 nitrogen and oxygen atoms in total. The summed E-state index contributed by atoms with van der Waals surface area (Å²) in [4.78, 5) is 0. The number of hydrogen-bond donors (Lipinski definition) is 1. The molecule has 0 spiro atoms. The molecule has 0 heterocycles. The molecule has 0 atom stereocenters. The zero-order valence-corrected chi connectivity index (χ0v) is 11.8. The highest BCUT2D eigenvalue weighted by atomic mass is 19.4. The van der Waals surface area contributed by atoms with E-state index in [4.69, 9.17) is 0 Å². The van der Waals surface area contributed by atoms with Gasteiger partial charge in [0.2, 0.25) is 0 Å². The minimum Gasteiger partial charge on any atom is -0.307 e. The van der Waals surface area contributed by atoms with Gasteiger partial charge in [-0.25, -0.2) is 0 Å². The van der Waals surface area contributed by atoms with Gasteiger partial charge in [0.05, 0.1) is 0 Å². The molecule has 0 aromatic heterocycles. The van der Waals surface area contributed by atoms with E-state index in [1.165, 1.54) is 13.8 Å². The van der Waals surface area contributed by atoms with Crippen molar-refractivity contribution in [2.24, 2.45) is 5.92 Å². The summed E-state index contributed by atoms with van der Waals surface area (Å²) < 4.78 is 74.7. The second kappa shape index (κ2) is 5.50. The van der Waals surface area contributed by atoms with Crippen LogP contribution in [0.25, 0.3) is 0 Å². The van der Waals surface area contributed by atoms with E-state index < -0.39 is 42.2 Å². The number of hydrogen-bond acceptors (Lipinski definition) is 1. The summed E-state index contributed by atoms with van der Waals surface area (Å²) in [5.74, 6) is -1.56. The summed E-state index contributed by atoms with van der Waals surface area (Å²) >= 11 is 0. The van der Waals surface area contributed by atoms with Crippen molar-refractivity contribution in [2.75, 3.05) is 0 Å². The minimum atomic E-state index is -4.62. The molecule has 0 aliphatic rings. The molecular weight excluding hydrogens is 272 g/mol. The van der Waals surface area contributed by atoms with E-state index >= 15 is 0 Å². The molecule has 0 aliphatic carbocycles. The normalized spacial score (nSPS) is 15.2. The molecule has 0 saturated carbocycles. The number of halogens is 6. The molecule has 0 saturated heterocycles. The predicted molar refractivity (Wildman–Crippen MR) is 61.8 cm³/mol. The zero-order valence-electron chi connectivity index (χ0n) is 11.8. The lowest BCUT2D eigenvalue weighted by Gasteiger charge is -2.41. The Labute approximate surface area is 109 Å². The standard InChI is InChI=1S/C12H21F6N/c1-9(2,3)19-10(4,5)8(6-11(13,14)15)7-12(16,17)18/h8,19H,6-7H2,1-5H3. The monoisotopic (exact) mass is 293 g/mol. The maximum Gasteiger partial charge on any atom is 0.389 e. The van der Waals surface area contributed by atoms with Gasteiger partial charge >= 0.3 is 12.4 Å². The fourth-order valence-corrected chi connectivity index (χ4v) is 2.21. The Kier molecular flexibility index (Phi) is 5.37. The Morgan fingerprint density at radius 2 is 1.05 bits per heavy atom. The average molecular weight is 293 g/mol. The first-order valence-electron chi connectivity index (χ1n) is 5.95. The molecule has 0 aromatic rings. The summed E-state index contributed by atoms with van der Waals surface area (Å²) in [5, 5.41) is 2.84. The lowest BCUT2D eigenvalue weighted by molar-refractivity contribution is -0.182. The molecule has 1 N–H and O–H groups in total. The number of alkyl halides is 6. The zero-order chi connectivity index (χ0) is 15.7. The van der Waals surface area contributed by atoms with Gasteiger partial charge in [0.25, 0.3) is 0 Å². The van der Waals surface area contributed by atoms with Crippen LogP contribution in [0.1, 0.15) is 47.5 Å². The molecule has 0 aromatic carbocycles. The van der Waals surface area contributed by atoms with Gasteiger partial charge in [-0.15, -0.1) is 0 Å². The van der Waals surface area contributed by atoms with E-state index in [2.05, 4.69) is 5.32 Å². The van der Waals surface area contributed by atoms with Gasteiger partial charge in [0, 0.05) is 23.9 Å². The Morgan fingerprint density at radius 3 is 1.26 bits per heavy atom. The topological polar surface area (TPSA) is 12.0 Å². The van der Waals surface area contributed by atoms with E-state index in [-0.39, 0.29) is 0 Å². The number of rotatable bonds is 4. The van der Waals surface area contributed by atoms with E-state index in [0.717, 1.165) is 0 Å². The first kappa shape index (κ1) is 18.5. The SMILES string of the molecule is CC(C)(C)NC(C)(C)C(CC(F)(F)F)CC(F)(F)F. The van der Waals surface area contributed by atoms with Crippen LogP contribution in [0, 0.1) is 5.92 Å². The van der Waals surface area contributed by atoms with Crippen LogP contribution >= 0.6 is 0 Å². The van der Waals surface area contributed by atoms with Crippen LogP contribution in [0.2, 0.25) is 0 Å². The van der Waals surface area contributed by atoms with E-state index in [9.17, 15) is 26.3 Å². The largest absolute Gasteiger partial charge is 0.389 e. The van der Waals surface area contributed by atoms with Crippen LogP contribution in [0.4, 0.5) is 26.3 Å². The van der Waals surface area contributed by atoms with E-state index in [1.54, 1.807) is 20.8 Å². The molecular formula is C12H21F6N. The summed E-state index contributed by atoms with van der Waals surface area (Å²) in [7, 11) is 0. The predicted octanol–water partition coefficient (Wildman–Crippen LogP) is 4.67. The molecule has 0 fully saturated rings. The molecule has 0 rings (SSSR count). The molecule has 0 amide bonds. The van der Waals surface area contributed by atoms with Crippen LogP contribution in [-0.4, -0.2) is 23.4 Å². The van der Waals surface area contributed by atoms with Gasteiger partial charge in [-0.2, -0.15) is 26.3 Å². The highest BCUT2D eigenvalue weighted by Crippen LogP contribution is 2.39. The van der Waals surface area contributed by atoms with Gasteiger partial charge in [-0.05, 0) is 40.5 Å². The Morgan fingerprint density at radius 1 is 0.737 bits per heavy atom. The third kappa shape index (κ3) is 9.13. The Bertz CT molecular complexity index is 268. The maximum atomic E-state index is 12.4. The second-order valence-electron chi connectivity index (χ2n) is 6.43. The van der Waals surface area contributed by atoms with Crippen molar-refractivity contribution in [1.82, 2.24) is 5.32 Å². The fourth-order valence-electron chi connectivity index (χ4n) is 2.21. The quantitative estimate of drug-likeness (QED) is 0.742. The second-order valence-corrected chi connectivity index (χ2v) is 6.43. The summed E-state index contributed by atoms with van der Waals surface area (Å²) in [6, 6.07) is 0. The van der Waals surface area contributed by atoms with Crippen LogP contribution in [0.3, 0.4) is 0 Å². The lowest BCUT2D eigenvalue weighted by atomic mass is 9.80. The Balaban J connectivity index is 5.11. The molecule has 7 heteroatoms. The lowest BCUT2D eigenvalue weighted by Crippen LogP contribution is -2.56. The fraction of sp³-hybridized carbons (Fsp3) is 1.00. The highest BCUT2D eigenvalue weighted by molar-refractivity contribution is 4.93. The number of nitrogens with one attached hydrogen (secondary N) is 1. The van der Waals surface area contributed by atoms with Gasteiger partial charge in [0.1, 0.15) is 0 Å². The third-order valence-electron chi connectivity index (χ3n) is 2.67. The van der Waals surface area contributed by atoms with Crippen molar-refractivity contribution >= 4 is 0 Å². The first-order valence-corrected chi connectivity index (χ1v) is 5.95. The summed E-state index contributed by atoms with van der Waals surface area (Å²) in [6.45, 7) is 7.85. The maximum absolute atomic E-state index is 12.4. The molecule has 19 heavy (non-hydrogen) atoms. The average Bonchev–Trinajstić information content (AvgIpc) is 1.91. The van der Waals surface area contributed by atoms with Crippen LogP contribution < -0.4 is 5.32 Å². The molecule has 0 radical (unpaired) electrons. The Hall–Kier alpha value is -0.460. The first-order chi connectivity index (χ1) is 8.02. The van der Waals surface area contributed by atoms with Crippen molar-refractivity contribution in [3.63, 3.8) is 0 Å². The van der Waals surface area contributed by atoms with E-state index in [1.807, 2.05) is 0 Å². The molecule has 0 bridgehead atoms. The van der Waals surface area contributed by atoms with Gasteiger partial charge < -0.3 is 5.32 Å². The van der Waals surface area contributed by atoms with Crippen LogP contribution in [0.15, 0.2) is 0 Å². The van der Waals surface area contributed by atoms with E-state index in [0.29, 0.717) is 0 Å². The molecule has 116 valence electrons. The van der Waals surface area contributed by atoms with Crippen LogP contribution in [0.5, 0.6) is 0 Å². The van der Waals surface area contributed by atoms with Gasteiger partial charge in [-0.1, -0.05) is 0 Å². The van der Waals surface area contributed by atoms with Crippen molar-refractivity contribution in [1.29, 1.82) is 0 Å². The smallest absolute Gasteiger partial charge is 0.307 e. The minimum absolute atomic E-state index is 0.570. The van der Waals surface area contributed by atoms with Crippen molar-refractivity contribution in [3.05, 3.63) is 0 Å². The van der Waals surface area contributed by atoms with Gasteiger partial charge in [0.15, 0.2) is 0 Å². The van der Waals surface area contributed by atoms with Crippen molar-refractivity contribution < 1.29 is 26.3 Å².